The lowest BCUT2D eigenvalue weighted by molar-refractivity contribution is -0.122. The summed E-state index contributed by atoms with van der Waals surface area (Å²) in [5.41, 5.74) is 1.63. The molecule has 2 aromatic carbocycles. The average molecular weight is 359 g/mol. The molecule has 26 heavy (non-hydrogen) atoms. The maximum absolute atomic E-state index is 13.4. The van der Waals surface area contributed by atoms with Crippen LogP contribution in [0, 0.1) is 11.6 Å². The number of nitrogens with one attached hydrogen (secondary N) is 1. The van der Waals surface area contributed by atoms with E-state index in [1.54, 1.807) is 23.6 Å². The Kier molecular flexibility index (Phi) is 4.88. The number of aryl methyl sites for hydroxylation is 1. The normalized spacial score (nSPS) is 12.3. The molecule has 0 saturated heterocycles. The van der Waals surface area contributed by atoms with Crippen molar-refractivity contribution in [2.24, 2.45) is 0 Å². The lowest BCUT2D eigenvalue weighted by atomic mass is 10.1. The van der Waals surface area contributed by atoms with Gasteiger partial charge in [0.1, 0.15) is 6.54 Å². The smallest absolute Gasteiger partial charge is 0.329 e. The van der Waals surface area contributed by atoms with E-state index in [2.05, 4.69) is 5.32 Å². The first-order chi connectivity index (χ1) is 12.4. The van der Waals surface area contributed by atoms with Crippen molar-refractivity contribution in [2.75, 3.05) is 0 Å². The number of amides is 1. The number of para-hydroxylation sites is 2. The molecule has 136 valence electrons. The van der Waals surface area contributed by atoms with E-state index in [9.17, 15) is 18.4 Å². The summed E-state index contributed by atoms with van der Waals surface area (Å²) in [4.78, 5) is 24.9. The zero-order chi connectivity index (χ0) is 18.8. The summed E-state index contributed by atoms with van der Waals surface area (Å²) < 4.78 is 29.4. The van der Waals surface area contributed by atoms with Gasteiger partial charge in [-0.15, -0.1) is 0 Å². The second-order valence-electron chi connectivity index (χ2n) is 6.06. The molecule has 3 aromatic rings. The van der Waals surface area contributed by atoms with E-state index in [1.165, 1.54) is 10.6 Å². The number of nitrogens with zero attached hydrogens (tertiary/aromatic N) is 2. The van der Waals surface area contributed by atoms with Gasteiger partial charge in [0.05, 0.1) is 17.1 Å². The molecule has 7 heteroatoms. The van der Waals surface area contributed by atoms with E-state index in [0.29, 0.717) is 17.6 Å². The van der Waals surface area contributed by atoms with Gasteiger partial charge >= 0.3 is 5.69 Å². The highest BCUT2D eigenvalue weighted by Crippen LogP contribution is 2.16. The SMILES string of the molecule is CCn1c(=O)n(CC(=O)NC(C)c2ccc(F)c(F)c2)c2ccccc21. The monoisotopic (exact) mass is 359 g/mol. The highest BCUT2D eigenvalue weighted by Gasteiger charge is 2.16. The number of halogens is 2. The Morgan fingerprint density at radius 2 is 1.73 bits per heavy atom. The number of rotatable bonds is 5. The summed E-state index contributed by atoms with van der Waals surface area (Å²) in [5, 5.41) is 2.71. The van der Waals surface area contributed by atoms with Crippen LogP contribution < -0.4 is 11.0 Å². The van der Waals surface area contributed by atoms with E-state index >= 15 is 0 Å². The van der Waals surface area contributed by atoms with Gasteiger partial charge in [-0.25, -0.2) is 13.6 Å². The molecule has 3 rings (SSSR count). The fraction of sp³-hybridized carbons (Fsp3) is 0.263. The van der Waals surface area contributed by atoms with Crippen LogP contribution in [0.2, 0.25) is 0 Å². The van der Waals surface area contributed by atoms with Crippen molar-refractivity contribution in [3.63, 3.8) is 0 Å². The second kappa shape index (κ2) is 7.11. The van der Waals surface area contributed by atoms with Gasteiger partial charge < -0.3 is 5.32 Å². The molecule has 0 fully saturated rings. The molecule has 0 saturated carbocycles. The number of imidazole rings is 1. The molecule has 1 amide bonds. The lowest BCUT2D eigenvalue weighted by Gasteiger charge is -2.15. The lowest BCUT2D eigenvalue weighted by Crippen LogP contribution is -2.34. The van der Waals surface area contributed by atoms with Gasteiger partial charge in [0, 0.05) is 6.54 Å². The van der Waals surface area contributed by atoms with E-state index in [4.69, 9.17) is 0 Å². The molecule has 0 radical (unpaired) electrons. The van der Waals surface area contributed by atoms with E-state index < -0.39 is 17.7 Å². The summed E-state index contributed by atoms with van der Waals surface area (Å²) in [5.74, 6) is -2.29. The highest BCUT2D eigenvalue weighted by atomic mass is 19.2. The number of carbonyl (C=O) groups excluding carboxylic acids is 1. The number of carbonyl (C=O) groups is 1. The first-order valence-electron chi connectivity index (χ1n) is 8.34. The number of fused-ring (bicyclic) bond motifs is 1. The predicted octanol–water partition coefficient (Wildman–Crippen LogP) is 2.98. The molecule has 1 N–H and O–H groups in total. The van der Waals surface area contributed by atoms with E-state index in [1.807, 2.05) is 19.1 Å². The standard InChI is InChI=1S/C19H19F2N3O2/c1-3-23-16-6-4-5-7-17(16)24(19(23)26)11-18(25)22-12(2)13-8-9-14(20)15(21)10-13/h4-10,12H,3,11H2,1-2H3,(H,22,25). The maximum atomic E-state index is 13.4. The van der Waals surface area contributed by atoms with Gasteiger partial charge in [0.2, 0.25) is 5.91 Å². The average Bonchev–Trinajstić information content (AvgIpc) is 2.88. The van der Waals surface area contributed by atoms with Crippen molar-refractivity contribution in [3.8, 4) is 0 Å². The molecule has 0 spiro atoms. The number of hydrogen-bond acceptors (Lipinski definition) is 2. The highest BCUT2D eigenvalue weighted by molar-refractivity contribution is 5.81. The predicted molar refractivity (Wildman–Crippen MR) is 94.8 cm³/mol. The minimum Gasteiger partial charge on any atom is -0.348 e. The molecule has 0 aliphatic heterocycles. The summed E-state index contributed by atoms with van der Waals surface area (Å²) in [7, 11) is 0. The van der Waals surface area contributed by atoms with Crippen LogP contribution in [0.3, 0.4) is 0 Å². The van der Waals surface area contributed by atoms with E-state index in [-0.39, 0.29) is 18.1 Å². The number of benzene rings is 2. The number of aromatic nitrogens is 2. The quantitative estimate of drug-likeness (QED) is 0.761. The van der Waals surface area contributed by atoms with Crippen LogP contribution in [0.1, 0.15) is 25.5 Å². The van der Waals surface area contributed by atoms with Gasteiger partial charge in [-0.2, -0.15) is 0 Å². The first-order valence-corrected chi connectivity index (χ1v) is 8.34. The number of hydrogen-bond donors (Lipinski definition) is 1. The minimum absolute atomic E-state index is 0.152. The first kappa shape index (κ1) is 17.8. The minimum atomic E-state index is -0.967. The van der Waals surface area contributed by atoms with Crippen molar-refractivity contribution in [3.05, 3.63) is 70.1 Å². The van der Waals surface area contributed by atoms with Crippen LogP contribution in [0.25, 0.3) is 11.0 Å². The maximum Gasteiger partial charge on any atom is 0.329 e. The van der Waals surface area contributed by atoms with Crippen LogP contribution >= 0.6 is 0 Å². The molecule has 1 unspecified atom stereocenters. The molecule has 0 aliphatic rings. The molecule has 1 atom stereocenters. The van der Waals surface area contributed by atoms with Crippen LogP contribution in [0.4, 0.5) is 8.78 Å². The van der Waals surface area contributed by atoms with Crippen molar-refractivity contribution in [1.82, 2.24) is 14.5 Å². The largest absolute Gasteiger partial charge is 0.348 e. The van der Waals surface area contributed by atoms with Crippen LogP contribution in [-0.4, -0.2) is 15.0 Å². The van der Waals surface area contributed by atoms with Crippen molar-refractivity contribution in [2.45, 2.75) is 33.0 Å². The van der Waals surface area contributed by atoms with Gasteiger partial charge in [0.25, 0.3) is 0 Å². The molecule has 0 aliphatic carbocycles. The van der Waals surface area contributed by atoms with Crippen LogP contribution in [0.5, 0.6) is 0 Å². The molecule has 0 bridgehead atoms. The summed E-state index contributed by atoms with van der Waals surface area (Å²) >= 11 is 0. The Morgan fingerprint density at radius 1 is 1.08 bits per heavy atom. The van der Waals surface area contributed by atoms with Crippen molar-refractivity contribution < 1.29 is 13.6 Å². The molecular formula is C19H19F2N3O2. The fourth-order valence-electron chi connectivity index (χ4n) is 3.03. The Hall–Kier alpha value is -2.96. The Balaban J connectivity index is 1.82. The van der Waals surface area contributed by atoms with E-state index in [0.717, 1.165) is 17.6 Å². The van der Waals surface area contributed by atoms with Gasteiger partial charge in [-0.1, -0.05) is 18.2 Å². The van der Waals surface area contributed by atoms with Crippen molar-refractivity contribution in [1.29, 1.82) is 0 Å². The van der Waals surface area contributed by atoms with Crippen molar-refractivity contribution >= 4 is 16.9 Å². The molecule has 5 nitrogen and oxygen atoms in total. The fourth-order valence-corrected chi connectivity index (χ4v) is 3.03. The Bertz CT molecular complexity index is 1020. The Labute approximate surface area is 148 Å². The summed E-state index contributed by atoms with van der Waals surface area (Å²) in [6.07, 6.45) is 0. The second-order valence-corrected chi connectivity index (χ2v) is 6.06. The molecular weight excluding hydrogens is 340 g/mol. The zero-order valence-electron chi connectivity index (χ0n) is 14.5. The van der Waals surface area contributed by atoms with Crippen LogP contribution in [0.15, 0.2) is 47.3 Å². The third kappa shape index (κ3) is 3.24. The molecule has 1 heterocycles. The summed E-state index contributed by atoms with van der Waals surface area (Å²) in [6.45, 7) is 3.88. The van der Waals surface area contributed by atoms with Gasteiger partial charge in [-0.3, -0.25) is 13.9 Å². The topological polar surface area (TPSA) is 56.0 Å². The van der Waals surface area contributed by atoms with Gasteiger partial charge in [0.15, 0.2) is 11.6 Å². The third-order valence-electron chi connectivity index (χ3n) is 4.36. The summed E-state index contributed by atoms with van der Waals surface area (Å²) in [6, 6.07) is 10.2. The third-order valence-corrected chi connectivity index (χ3v) is 4.36. The zero-order valence-corrected chi connectivity index (χ0v) is 14.5. The van der Waals surface area contributed by atoms with Gasteiger partial charge in [-0.05, 0) is 43.7 Å². The molecule has 1 aromatic heterocycles. The van der Waals surface area contributed by atoms with Crippen LogP contribution in [-0.2, 0) is 17.9 Å². The Morgan fingerprint density at radius 3 is 2.35 bits per heavy atom.